The first-order valence-corrected chi connectivity index (χ1v) is 7.43. The zero-order valence-electron chi connectivity index (χ0n) is 11.9. The van der Waals surface area contributed by atoms with Gasteiger partial charge in [-0.1, -0.05) is 37.6 Å². The average Bonchev–Trinajstić information content (AvgIpc) is 2.43. The average molecular weight is 274 g/mol. The molecule has 1 saturated heterocycles. The van der Waals surface area contributed by atoms with Crippen molar-refractivity contribution in [3.8, 4) is 0 Å². The minimum atomic E-state index is -0.642. The smallest absolute Gasteiger partial charge is 0.240 e. The topological polar surface area (TPSA) is 52.6 Å². The molecule has 2 N–H and O–H groups in total. The van der Waals surface area contributed by atoms with Gasteiger partial charge in [0.05, 0.1) is 24.7 Å². The van der Waals surface area contributed by atoms with Gasteiger partial charge < -0.3 is 15.3 Å². The SMILES string of the molecule is CCCC1(O)CN(C(=O)C2Cc3ccccc3CN2)C1. The van der Waals surface area contributed by atoms with Crippen LogP contribution in [-0.2, 0) is 17.8 Å². The van der Waals surface area contributed by atoms with Crippen molar-refractivity contribution in [2.45, 2.75) is 44.4 Å². The molecule has 0 bridgehead atoms. The summed E-state index contributed by atoms with van der Waals surface area (Å²) in [5.74, 6) is 0.125. The van der Waals surface area contributed by atoms with E-state index < -0.39 is 5.60 Å². The maximum absolute atomic E-state index is 12.4. The van der Waals surface area contributed by atoms with Gasteiger partial charge in [0.1, 0.15) is 0 Å². The van der Waals surface area contributed by atoms with Crippen molar-refractivity contribution in [3.05, 3.63) is 35.4 Å². The van der Waals surface area contributed by atoms with E-state index in [2.05, 4.69) is 24.4 Å². The summed E-state index contributed by atoms with van der Waals surface area (Å²) in [4.78, 5) is 14.2. The van der Waals surface area contributed by atoms with Crippen LogP contribution in [0.25, 0.3) is 0 Å². The Morgan fingerprint density at radius 1 is 1.40 bits per heavy atom. The van der Waals surface area contributed by atoms with E-state index in [1.165, 1.54) is 11.1 Å². The molecule has 0 spiro atoms. The lowest BCUT2D eigenvalue weighted by molar-refractivity contribution is -0.158. The van der Waals surface area contributed by atoms with Gasteiger partial charge in [-0.2, -0.15) is 0 Å². The van der Waals surface area contributed by atoms with Crippen LogP contribution in [0.2, 0.25) is 0 Å². The summed E-state index contributed by atoms with van der Waals surface area (Å²) in [6.45, 7) is 3.78. The van der Waals surface area contributed by atoms with Gasteiger partial charge in [-0.25, -0.2) is 0 Å². The number of hydrogen-bond donors (Lipinski definition) is 2. The van der Waals surface area contributed by atoms with E-state index in [9.17, 15) is 9.90 Å². The lowest BCUT2D eigenvalue weighted by atomic mass is 9.87. The third-order valence-electron chi connectivity index (χ3n) is 4.38. The fourth-order valence-electron chi connectivity index (χ4n) is 3.29. The van der Waals surface area contributed by atoms with E-state index in [1.807, 2.05) is 12.1 Å². The number of nitrogens with zero attached hydrogens (tertiary/aromatic N) is 1. The number of likely N-dealkylation sites (tertiary alicyclic amines) is 1. The molecule has 0 aliphatic carbocycles. The highest BCUT2D eigenvalue weighted by molar-refractivity contribution is 5.83. The molecule has 1 aromatic rings. The highest BCUT2D eigenvalue weighted by Gasteiger charge is 2.44. The van der Waals surface area contributed by atoms with Crippen LogP contribution in [-0.4, -0.2) is 40.6 Å². The van der Waals surface area contributed by atoms with Crippen LogP contribution in [0.1, 0.15) is 30.9 Å². The molecular formula is C16H22N2O2. The van der Waals surface area contributed by atoms with Gasteiger partial charge >= 0.3 is 0 Å². The van der Waals surface area contributed by atoms with E-state index in [0.717, 1.165) is 25.8 Å². The molecule has 2 heterocycles. The molecule has 1 amide bonds. The number of benzene rings is 1. The largest absolute Gasteiger partial charge is 0.386 e. The Morgan fingerprint density at radius 3 is 2.80 bits per heavy atom. The molecule has 2 aliphatic rings. The summed E-state index contributed by atoms with van der Waals surface area (Å²) in [6, 6.07) is 8.11. The fraction of sp³-hybridized carbons (Fsp3) is 0.562. The Bertz CT molecular complexity index is 509. The summed E-state index contributed by atoms with van der Waals surface area (Å²) in [7, 11) is 0. The third kappa shape index (κ3) is 2.45. The van der Waals surface area contributed by atoms with Crippen molar-refractivity contribution in [1.29, 1.82) is 0 Å². The summed E-state index contributed by atoms with van der Waals surface area (Å²) >= 11 is 0. The molecule has 0 aromatic heterocycles. The molecular weight excluding hydrogens is 252 g/mol. The Kier molecular flexibility index (Phi) is 3.52. The lowest BCUT2D eigenvalue weighted by Gasteiger charge is -2.48. The Balaban J connectivity index is 1.61. The summed E-state index contributed by atoms with van der Waals surface area (Å²) in [5.41, 5.74) is 1.90. The first-order valence-electron chi connectivity index (χ1n) is 7.43. The second-order valence-corrected chi connectivity index (χ2v) is 6.07. The highest BCUT2D eigenvalue weighted by Crippen LogP contribution is 2.27. The van der Waals surface area contributed by atoms with Crippen molar-refractivity contribution in [3.63, 3.8) is 0 Å². The lowest BCUT2D eigenvalue weighted by Crippen LogP contribution is -2.66. The van der Waals surface area contributed by atoms with Gasteiger partial charge in [0.15, 0.2) is 0 Å². The molecule has 3 rings (SSSR count). The molecule has 0 radical (unpaired) electrons. The van der Waals surface area contributed by atoms with Gasteiger partial charge in [0.25, 0.3) is 0 Å². The quantitative estimate of drug-likeness (QED) is 0.867. The van der Waals surface area contributed by atoms with Crippen LogP contribution >= 0.6 is 0 Å². The standard InChI is InChI=1S/C16H22N2O2/c1-2-7-16(20)10-18(11-16)15(19)14-8-12-5-3-4-6-13(12)9-17-14/h3-6,14,17,20H,2,7-11H2,1H3. The van der Waals surface area contributed by atoms with E-state index >= 15 is 0 Å². The van der Waals surface area contributed by atoms with Crippen LogP contribution in [0.4, 0.5) is 0 Å². The fourth-order valence-corrected chi connectivity index (χ4v) is 3.29. The van der Waals surface area contributed by atoms with Crippen LogP contribution in [0.3, 0.4) is 0 Å². The maximum atomic E-state index is 12.4. The number of amides is 1. The monoisotopic (exact) mass is 274 g/mol. The first kappa shape index (κ1) is 13.6. The van der Waals surface area contributed by atoms with E-state index in [4.69, 9.17) is 0 Å². The second-order valence-electron chi connectivity index (χ2n) is 6.07. The second kappa shape index (κ2) is 5.19. The third-order valence-corrected chi connectivity index (χ3v) is 4.38. The molecule has 2 aliphatic heterocycles. The molecule has 20 heavy (non-hydrogen) atoms. The van der Waals surface area contributed by atoms with Gasteiger partial charge in [0.2, 0.25) is 5.91 Å². The summed E-state index contributed by atoms with van der Waals surface area (Å²) in [6.07, 6.45) is 2.48. The molecule has 1 unspecified atom stereocenters. The van der Waals surface area contributed by atoms with Crippen LogP contribution in [0.5, 0.6) is 0 Å². The van der Waals surface area contributed by atoms with Crippen LogP contribution in [0, 0.1) is 0 Å². The predicted molar refractivity (Wildman–Crippen MR) is 77.2 cm³/mol. The zero-order valence-corrected chi connectivity index (χ0v) is 11.9. The van der Waals surface area contributed by atoms with Gasteiger partial charge in [0, 0.05) is 6.54 Å². The predicted octanol–water partition coefficient (Wildman–Crippen LogP) is 1.07. The number of carbonyl (C=O) groups excluding carboxylic acids is 1. The van der Waals surface area contributed by atoms with Gasteiger partial charge in [-0.15, -0.1) is 0 Å². The normalized spacial score (nSPS) is 23.9. The Labute approximate surface area is 119 Å². The molecule has 0 saturated carbocycles. The molecule has 1 fully saturated rings. The minimum absolute atomic E-state index is 0.125. The number of nitrogens with one attached hydrogen (secondary N) is 1. The van der Waals surface area contributed by atoms with Crippen molar-refractivity contribution in [2.24, 2.45) is 0 Å². The van der Waals surface area contributed by atoms with E-state index in [1.54, 1.807) is 4.90 Å². The van der Waals surface area contributed by atoms with Crippen LogP contribution < -0.4 is 5.32 Å². The molecule has 108 valence electrons. The van der Waals surface area contributed by atoms with Crippen LogP contribution in [0.15, 0.2) is 24.3 Å². The van der Waals surface area contributed by atoms with E-state index in [-0.39, 0.29) is 11.9 Å². The Hall–Kier alpha value is -1.39. The molecule has 4 heteroatoms. The maximum Gasteiger partial charge on any atom is 0.240 e. The van der Waals surface area contributed by atoms with Crippen molar-refractivity contribution < 1.29 is 9.90 Å². The number of β-amino-alcohol motifs (C(OH)–C–C–N with tert-alkyl or cyclic N) is 1. The highest BCUT2D eigenvalue weighted by atomic mass is 16.3. The van der Waals surface area contributed by atoms with E-state index in [0.29, 0.717) is 13.1 Å². The van der Waals surface area contributed by atoms with Gasteiger partial charge in [-0.3, -0.25) is 4.79 Å². The summed E-state index contributed by atoms with van der Waals surface area (Å²) in [5, 5.41) is 13.5. The minimum Gasteiger partial charge on any atom is -0.386 e. The van der Waals surface area contributed by atoms with Crippen molar-refractivity contribution >= 4 is 5.91 Å². The number of aliphatic hydroxyl groups is 1. The Morgan fingerprint density at radius 2 is 2.10 bits per heavy atom. The number of fused-ring (bicyclic) bond motifs is 1. The molecule has 4 nitrogen and oxygen atoms in total. The molecule has 1 aromatic carbocycles. The summed E-state index contributed by atoms with van der Waals surface area (Å²) < 4.78 is 0. The number of hydrogen-bond acceptors (Lipinski definition) is 3. The first-order chi connectivity index (χ1) is 9.61. The van der Waals surface area contributed by atoms with Crippen molar-refractivity contribution in [1.82, 2.24) is 10.2 Å². The van der Waals surface area contributed by atoms with Gasteiger partial charge in [-0.05, 0) is 24.0 Å². The number of carbonyl (C=O) groups is 1. The zero-order chi connectivity index (χ0) is 14.2. The molecule has 1 atom stereocenters. The van der Waals surface area contributed by atoms with Crippen molar-refractivity contribution in [2.75, 3.05) is 13.1 Å². The number of rotatable bonds is 3.